The van der Waals surface area contributed by atoms with E-state index < -0.39 is 22.4 Å². The lowest BCUT2D eigenvalue weighted by Crippen LogP contribution is -2.09. The van der Waals surface area contributed by atoms with Gasteiger partial charge in [0.05, 0.1) is 16.2 Å². The number of anilines is 2. The maximum Gasteiger partial charge on any atom is 0.418 e. The van der Waals surface area contributed by atoms with Crippen LogP contribution >= 0.6 is 15.9 Å². The van der Waals surface area contributed by atoms with E-state index in [0.717, 1.165) is 12.1 Å². The third kappa shape index (κ3) is 3.48. The number of nitrogens with zero attached hydrogens (tertiary/aromatic N) is 2. The van der Waals surface area contributed by atoms with Crippen LogP contribution in [0.1, 0.15) is 5.56 Å². The lowest BCUT2D eigenvalue weighted by molar-refractivity contribution is -0.384. The van der Waals surface area contributed by atoms with E-state index in [1.54, 1.807) is 0 Å². The van der Waals surface area contributed by atoms with Crippen molar-refractivity contribution in [1.82, 2.24) is 4.98 Å². The van der Waals surface area contributed by atoms with Crippen molar-refractivity contribution in [3.63, 3.8) is 0 Å². The summed E-state index contributed by atoms with van der Waals surface area (Å²) in [6.07, 6.45) is -3.32. The molecule has 0 bridgehead atoms. The zero-order valence-corrected chi connectivity index (χ0v) is 11.8. The van der Waals surface area contributed by atoms with Crippen molar-refractivity contribution in [2.24, 2.45) is 0 Å². The third-order valence-electron chi connectivity index (χ3n) is 2.52. The standard InChI is InChI=1S/C12H7BrF3N3O2/c13-7-5-10(19(20)21)11(17-6-7)18-9-4-2-1-3-8(9)12(14,15)16/h1-6H,(H,17,18). The fourth-order valence-electron chi connectivity index (χ4n) is 1.63. The molecule has 0 fully saturated rings. The van der Waals surface area contributed by atoms with Crippen molar-refractivity contribution in [2.45, 2.75) is 6.18 Å². The number of benzene rings is 1. The summed E-state index contributed by atoms with van der Waals surface area (Å²) >= 11 is 3.02. The van der Waals surface area contributed by atoms with E-state index in [2.05, 4.69) is 26.2 Å². The van der Waals surface area contributed by atoms with Crippen LogP contribution < -0.4 is 5.32 Å². The van der Waals surface area contributed by atoms with Gasteiger partial charge in [0.15, 0.2) is 0 Å². The molecule has 0 spiro atoms. The highest BCUT2D eigenvalue weighted by atomic mass is 79.9. The lowest BCUT2D eigenvalue weighted by atomic mass is 10.1. The Kier molecular flexibility index (Phi) is 4.12. The first-order chi connectivity index (χ1) is 9.79. The summed E-state index contributed by atoms with van der Waals surface area (Å²) in [7, 11) is 0. The third-order valence-corrected chi connectivity index (χ3v) is 2.95. The SMILES string of the molecule is O=[N+]([O-])c1cc(Br)cnc1Nc1ccccc1C(F)(F)F. The lowest BCUT2D eigenvalue weighted by Gasteiger charge is -2.13. The van der Waals surface area contributed by atoms with Crippen LogP contribution in [-0.2, 0) is 6.18 Å². The molecule has 0 atom stereocenters. The van der Waals surface area contributed by atoms with Gasteiger partial charge in [-0.2, -0.15) is 13.2 Å². The zero-order chi connectivity index (χ0) is 15.6. The predicted octanol–water partition coefficient (Wildman–Crippen LogP) is 4.51. The van der Waals surface area contributed by atoms with Crippen LogP contribution in [0, 0.1) is 10.1 Å². The van der Waals surface area contributed by atoms with Crippen LogP contribution in [0.3, 0.4) is 0 Å². The molecule has 1 heterocycles. The molecule has 0 aliphatic carbocycles. The van der Waals surface area contributed by atoms with Gasteiger partial charge in [0.1, 0.15) is 0 Å². The topological polar surface area (TPSA) is 68.1 Å². The van der Waals surface area contributed by atoms with Gasteiger partial charge >= 0.3 is 11.9 Å². The normalized spacial score (nSPS) is 11.2. The number of para-hydroxylation sites is 1. The summed E-state index contributed by atoms with van der Waals surface area (Å²) < 4.78 is 39.0. The highest BCUT2D eigenvalue weighted by molar-refractivity contribution is 9.10. The van der Waals surface area contributed by atoms with Gasteiger partial charge in [0.2, 0.25) is 5.82 Å². The number of hydrogen-bond donors (Lipinski definition) is 1. The first-order valence-electron chi connectivity index (χ1n) is 5.52. The smallest absolute Gasteiger partial charge is 0.334 e. The van der Waals surface area contributed by atoms with Crippen molar-refractivity contribution in [1.29, 1.82) is 0 Å². The van der Waals surface area contributed by atoms with E-state index in [4.69, 9.17) is 0 Å². The Balaban J connectivity index is 2.47. The van der Waals surface area contributed by atoms with Crippen LogP contribution in [0.5, 0.6) is 0 Å². The molecule has 9 heteroatoms. The molecule has 0 amide bonds. The van der Waals surface area contributed by atoms with Crippen LogP contribution in [0.2, 0.25) is 0 Å². The Bertz CT molecular complexity index is 692. The molecule has 0 saturated heterocycles. The molecule has 0 aliphatic rings. The summed E-state index contributed by atoms with van der Waals surface area (Å²) in [5.74, 6) is -0.264. The molecule has 2 rings (SSSR count). The molecule has 0 unspecified atom stereocenters. The first kappa shape index (κ1) is 15.2. The average molecular weight is 362 g/mol. The number of nitro groups is 1. The molecule has 1 aromatic heterocycles. The summed E-state index contributed by atoms with van der Waals surface area (Å²) in [5.41, 5.74) is -1.66. The van der Waals surface area contributed by atoms with Crippen LogP contribution in [-0.4, -0.2) is 9.91 Å². The quantitative estimate of drug-likeness (QED) is 0.644. The molecule has 0 aliphatic heterocycles. The molecule has 1 N–H and O–H groups in total. The second kappa shape index (κ2) is 5.68. The Morgan fingerprint density at radius 3 is 2.57 bits per heavy atom. The number of aromatic nitrogens is 1. The molecule has 0 radical (unpaired) electrons. The van der Waals surface area contributed by atoms with Gasteiger partial charge in [-0.15, -0.1) is 0 Å². The van der Waals surface area contributed by atoms with Crippen molar-refractivity contribution >= 4 is 33.1 Å². The largest absolute Gasteiger partial charge is 0.418 e. The van der Waals surface area contributed by atoms with Gasteiger partial charge < -0.3 is 5.32 Å². The number of pyridine rings is 1. The minimum Gasteiger partial charge on any atom is -0.334 e. The summed E-state index contributed by atoms with van der Waals surface area (Å²) in [6.45, 7) is 0. The van der Waals surface area contributed by atoms with Crippen molar-refractivity contribution in [2.75, 3.05) is 5.32 Å². The van der Waals surface area contributed by atoms with Gasteiger partial charge in [0, 0.05) is 16.7 Å². The van der Waals surface area contributed by atoms with Crippen LogP contribution in [0.4, 0.5) is 30.4 Å². The number of nitrogens with one attached hydrogen (secondary N) is 1. The molecule has 110 valence electrons. The predicted molar refractivity (Wildman–Crippen MR) is 73.3 cm³/mol. The summed E-state index contributed by atoms with van der Waals surface area (Å²) in [5, 5.41) is 13.3. The molecule has 21 heavy (non-hydrogen) atoms. The number of hydrogen-bond acceptors (Lipinski definition) is 4. The number of rotatable bonds is 3. The fourth-order valence-corrected chi connectivity index (χ4v) is 1.95. The maximum absolute atomic E-state index is 12.9. The molecule has 1 aromatic carbocycles. The van der Waals surface area contributed by atoms with Gasteiger partial charge in [-0.25, -0.2) is 4.98 Å². The monoisotopic (exact) mass is 361 g/mol. The average Bonchev–Trinajstić information content (AvgIpc) is 2.40. The molecular formula is C12H7BrF3N3O2. The molecule has 5 nitrogen and oxygen atoms in total. The number of alkyl halides is 3. The highest BCUT2D eigenvalue weighted by Gasteiger charge is 2.33. The van der Waals surface area contributed by atoms with Crippen LogP contribution in [0.25, 0.3) is 0 Å². The van der Waals surface area contributed by atoms with E-state index in [1.807, 2.05) is 0 Å². The van der Waals surface area contributed by atoms with Crippen molar-refractivity contribution in [3.8, 4) is 0 Å². The van der Waals surface area contributed by atoms with E-state index in [9.17, 15) is 23.3 Å². The Morgan fingerprint density at radius 1 is 1.29 bits per heavy atom. The van der Waals surface area contributed by atoms with Crippen molar-refractivity contribution in [3.05, 3.63) is 56.7 Å². The van der Waals surface area contributed by atoms with E-state index in [-0.39, 0.29) is 11.5 Å². The summed E-state index contributed by atoms with van der Waals surface area (Å²) in [4.78, 5) is 14.0. The number of halogens is 4. The second-order valence-electron chi connectivity index (χ2n) is 3.95. The highest BCUT2D eigenvalue weighted by Crippen LogP contribution is 2.37. The summed E-state index contributed by atoms with van der Waals surface area (Å²) in [6, 6.07) is 5.84. The Hall–Kier alpha value is -2.16. The van der Waals surface area contributed by atoms with Crippen molar-refractivity contribution < 1.29 is 18.1 Å². The molecular weight excluding hydrogens is 355 g/mol. The van der Waals surface area contributed by atoms with E-state index in [1.165, 1.54) is 24.4 Å². The molecule has 0 saturated carbocycles. The van der Waals surface area contributed by atoms with Gasteiger partial charge in [0.25, 0.3) is 0 Å². The van der Waals surface area contributed by atoms with Gasteiger partial charge in [-0.05, 0) is 28.1 Å². The first-order valence-corrected chi connectivity index (χ1v) is 6.31. The Labute approximate surface area is 125 Å². The van der Waals surface area contributed by atoms with Gasteiger partial charge in [-0.3, -0.25) is 10.1 Å². The zero-order valence-electron chi connectivity index (χ0n) is 10.2. The van der Waals surface area contributed by atoms with Crippen LogP contribution in [0.15, 0.2) is 41.0 Å². The van der Waals surface area contributed by atoms with Gasteiger partial charge in [-0.1, -0.05) is 12.1 Å². The van der Waals surface area contributed by atoms with E-state index in [0.29, 0.717) is 4.47 Å². The maximum atomic E-state index is 12.9. The second-order valence-corrected chi connectivity index (χ2v) is 4.86. The fraction of sp³-hybridized carbons (Fsp3) is 0.0833. The minimum atomic E-state index is -4.58. The van der Waals surface area contributed by atoms with E-state index >= 15 is 0 Å². The minimum absolute atomic E-state index is 0.264. The molecule has 2 aromatic rings. The Morgan fingerprint density at radius 2 is 1.95 bits per heavy atom.